The predicted molar refractivity (Wildman–Crippen MR) is 77.1 cm³/mol. The van der Waals surface area contributed by atoms with Gasteiger partial charge in [0.1, 0.15) is 6.33 Å². The van der Waals surface area contributed by atoms with Crippen LogP contribution in [0.3, 0.4) is 0 Å². The molecule has 0 N–H and O–H groups in total. The maximum absolute atomic E-state index is 4.50. The van der Waals surface area contributed by atoms with Gasteiger partial charge in [0, 0.05) is 33.4 Å². The van der Waals surface area contributed by atoms with Gasteiger partial charge in [-0.3, -0.25) is 4.98 Å². The fraction of sp³-hybridized carbons (Fsp3) is 0.0625. The second-order valence-electron chi connectivity index (χ2n) is 4.66. The van der Waals surface area contributed by atoms with E-state index < -0.39 is 0 Å². The van der Waals surface area contributed by atoms with Crippen LogP contribution >= 0.6 is 0 Å². The lowest BCUT2D eigenvalue weighted by Gasteiger charge is -2.07. The molecule has 0 amide bonds. The van der Waals surface area contributed by atoms with Crippen molar-refractivity contribution >= 4 is 32.6 Å². The lowest BCUT2D eigenvalue weighted by atomic mass is 10.0. The number of aryl methyl sites for hydroxylation is 1. The van der Waals surface area contributed by atoms with Gasteiger partial charge in [-0.05, 0) is 13.0 Å². The van der Waals surface area contributed by atoms with E-state index in [-0.39, 0.29) is 0 Å². The van der Waals surface area contributed by atoms with E-state index in [0.717, 1.165) is 38.3 Å². The first-order valence-corrected chi connectivity index (χ1v) is 6.22. The number of hydrogen-bond acceptors (Lipinski definition) is 3. The lowest BCUT2D eigenvalue weighted by Crippen LogP contribution is -1.90. The van der Waals surface area contributed by atoms with Crippen molar-refractivity contribution in [2.24, 2.45) is 0 Å². The summed E-state index contributed by atoms with van der Waals surface area (Å²) in [4.78, 5) is 13.2. The first-order chi connectivity index (χ1) is 9.34. The monoisotopic (exact) mass is 245 g/mol. The standard InChI is InChI=1S/C16H11N3/c1-10-12-7-6-11-8-17-14-5-3-2-4-13(14)15(11)16(12)19-9-18-10/h2-9H,1H3. The topological polar surface area (TPSA) is 38.7 Å². The van der Waals surface area contributed by atoms with Crippen molar-refractivity contribution in [1.29, 1.82) is 0 Å². The van der Waals surface area contributed by atoms with Gasteiger partial charge in [-0.25, -0.2) is 9.97 Å². The number of nitrogens with zero attached hydrogens (tertiary/aromatic N) is 3. The van der Waals surface area contributed by atoms with Crippen molar-refractivity contribution in [1.82, 2.24) is 15.0 Å². The molecule has 0 aliphatic carbocycles. The second kappa shape index (κ2) is 3.72. The molecule has 0 radical (unpaired) electrons. The quantitative estimate of drug-likeness (QED) is 0.444. The Hall–Kier alpha value is -2.55. The zero-order valence-corrected chi connectivity index (χ0v) is 10.5. The molecule has 4 rings (SSSR count). The Morgan fingerprint density at radius 2 is 1.74 bits per heavy atom. The van der Waals surface area contributed by atoms with Crippen LogP contribution in [-0.4, -0.2) is 15.0 Å². The van der Waals surface area contributed by atoms with Gasteiger partial charge in [0.15, 0.2) is 0 Å². The van der Waals surface area contributed by atoms with Crippen molar-refractivity contribution in [2.45, 2.75) is 6.92 Å². The van der Waals surface area contributed by atoms with Crippen LogP contribution in [0.4, 0.5) is 0 Å². The Balaban J connectivity index is 2.37. The van der Waals surface area contributed by atoms with E-state index in [9.17, 15) is 0 Å². The summed E-state index contributed by atoms with van der Waals surface area (Å²) in [6, 6.07) is 12.3. The molecule has 0 unspecified atom stereocenters. The molecule has 4 aromatic rings. The van der Waals surface area contributed by atoms with Crippen molar-refractivity contribution in [3.63, 3.8) is 0 Å². The highest BCUT2D eigenvalue weighted by Gasteiger charge is 2.08. The molecule has 2 aromatic carbocycles. The number of para-hydroxylation sites is 1. The average molecular weight is 245 g/mol. The van der Waals surface area contributed by atoms with Crippen molar-refractivity contribution in [2.75, 3.05) is 0 Å². The molecule has 0 saturated carbocycles. The molecule has 19 heavy (non-hydrogen) atoms. The van der Waals surface area contributed by atoms with Gasteiger partial charge < -0.3 is 0 Å². The molecule has 90 valence electrons. The van der Waals surface area contributed by atoms with Gasteiger partial charge in [-0.15, -0.1) is 0 Å². The van der Waals surface area contributed by atoms with Crippen LogP contribution in [0.2, 0.25) is 0 Å². The summed E-state index contributed by atoms with van der Waals surface area (Å²) in [6.45, 7) is 2.01. The molecule has 0 fully saturated rings. The van der Waals surface area contributed by atoms with Gasteiger partial charge in [-0.1, -0.05) is 30.3 Å². The van der Waals surface area contributed by atoms with E-state index >= 15 is 0 Å². The van der Waals surface area contributed by atoms with Crippen LogP contribution in [0, 0.1) is 6.92 Å². The third-order valence-electron chi connectivity index (χ3n) is 3.55. The summed E-state index contributed by atoms with van der Waals surface area (Å²) >= 11 is 0. The zero-order chi connectivity index (χ0) is 12.8. The summed E-state index contributed by atoms with van der Waals surface area (Å²) in [7, 11) is 0. The summed E-state index contributed by atoms with van der Waals surface area (Å²) in [5.74, 6) is 0. The molecule has 0 aliphatic rings. The van der Waals surface area contributed by atoms with Crippen molar-refractivity contribution in [3.8, 4) is 0 Å². The Labute approximate surface area is 110 Å². The SMILES string of the molecule is Cc1ncnc2c1ccc1cnc3ccccc3c12. The van der Waals surface area contributed by atoms with Crippen LogP contribution < -0.4 is 0 Å². The minimum Gasteiger partial charge on any atom is -0.256 e. The molecular formula is C16H11N3. The minimum atomic E-state index is 0.999. The Bertz CT molecular complexity index is 929. The summed E-state index contributed by atoms with van der Waals surface area (Å²) in [5, 5.41) is 4.52. The van der Waals surface area contributed by atoms with Crippen molar-refractivity contribution < 1.29 is 0 Å². The summed E-state index contributed by atoms with van der Waals surface area (Å²) in [6.07, 6.45) is 3.54. The highest BCUT2D eigenvalue weighted by atomic mass is 14.8. The molecule has 0 spiro atoms. The number of benzene rings is 2. The van der Waals surface area contributed by atoms with Gasteiger partial charge in [0.05, 0.1) is 11.0 Å². The normalized spacial score (nSPS) is 11.4. The van der Waals surface area contributed by atoms with Crippen LogP contribution in [0.1, 0.15) is 5.69 Å². The second-order valence-corrected chi connectivity index (χ2v) is 4.66. The average Bonchev–Trinajstić information content (AvgIpc) is 2.47. The number of hydrogen-bond donors (Lipinski definition) is 0. The van der Waals surface area contributed by atoms with E-state index in [0.29, 0.717) is 0 Å². The largest absolute Gasteiger partial charge is 0.256 e. The molecule has 0 saturated heterocycles. The number of pyridine rings is 1. The molecule has 0 bridgehead atoms. The highest BCUT2D eigenvalue weighted by Crippen LogP contribution is 2.30. The van der Waals surface area contributed by atoms with E-state index in [1.807, 2.05) is 31.3 Å². The fourth-order valence-electron chi connectivity index (χ4n) is 2.60. The van der Waals surface area contributed by atoms with Crippen LogP contribution in [0.5, 0.6) is 0 Å². The molecule has 2 heterocycles. The lowest BCUT2D eigenvalue weighted by molar-refractivity contribution is 1.15. The molecule has 3 nitrogen and oxygen atoms in total. The first kappa shape index (κ1) is 10.4. The Morgan fingerprint density at radius 1 is 0.842 bits per heavy atom. The Kier molecular flexibility index (Phi) is 2.03. The predicted octanol–water partition coefficient (Wildman–Crippen LogP) is 3.64. The molecular weight excluding hydrogens is 234 g/mol. The zero-order valence-electron chi connectivity index (χ0n) is 10.5. The van der Waals surface area contributed by atoms with Gasteiger partial charge >= 0.3 is 0 Å². The minimum absolute atomic E-state index is 0.999. The van der Waals surface area contributed by atoms with E-state index in [1.54, 1.807) is 6.33 Å². The summed E-state index contributed by atoms with van der Waals surface area (Å²) in [5.41, 5.74) is 3.01. The smallest absolute Gasteiger partial charge is 0.116 e. The van der Waals surface area contributed by atoms with Crippen LogP contribution in [0.25, 0.3) is 32.6 Å². The van der Waals surface area contributed by atoms with Gasteiger partial charge in [0.2, 0.25) is 0 Å². The maximum Gasteiger partial charge on any atom is 0.116 e. The van der Waals surface area contributed by atoms with E-state index in [2.05, 4.69) is 33.2 Å². The van der Waals surface area contributed by atoms with Crippen LogP contribution in [0.15, 0.2) is 48.9 Å². The van der Waals surface area contributed by atoms with E-state index in [1.165, 1.54) is 0 Å². The third kappa shape index (κ3) is 1.41. The highest BCUT2D eigenvalue weighted by molar-refractivity contribution is 6.17. The first-order valence-electron chi connectivity index (χ1n) is 6.22. The third-order valence-corrected chi connectivity index (χ3v) is 3.55. The Morgan fingerprint density at radius 3 is 2.68 bits per heavy atom. The maximum atomic E-state index is 4.50. The number of rotatable bonds is 0. The number of aromatic nitrogens is 3. The number of fused-ring (bicyclic) bond motifs is 5. The molecule has 2 aromatic heterocycles. The fourth-order valence-corrected chi connectivity index (χ4v) is 2.60. The van der Waals surface area contributed by atoms with Crippen LogP contribution in [-0.2, 0) is 0 Å². The van der Waals surface area contributed by atoms with Gasteiger partial charge in [0.25, 0.3) is 0 Å². The molecule has 3 heteroatoms. The van der Waals surface area contributed by atoms with E-state index in [4.69, 9.17) is 0 Å². The molecule has 0 aliphatic heterocycles. The van der Waals surface area contributed by atoms with Crippen molar-refractivity contribution in [3.05, 3.63) is 54.6 Å². The van der Waals surface area contributed by atoms with Gasteiger partial charge in [-0.2, -0.15) is 0 Å². The summed E-state index contributed by atoms with van der Waals surface area (Å²) < 4.78 is 0. The molecule has 0 atom stereocenters.